The Labute approximate surface area is 160 Å². The smallest absolute Gasteiger partial charge is 0.161 e. The summed E-state index contributed by atoms with van der Waals surface area (Å²) in [5, 5.41) is 19.5. The monoisotopic (exact) mass is 356 g/mol. The number of ketones is 1. The van der Waals surface area contributed by atoms with Gasteiger partial charge in [-0.1, -0.05) is 42.5 Å². The minimum Gasteiger partial charge on any atom is -0.299 e. The van der Waals surface area contributed by atoms with Crippen molar-refractivity contribution in [3.8, 4) is 12.1 Å². The van der Waals surface area contributed by atoms with Crippen molar-refractivity contribution in [2.75, 3.05) is 0 Å². The molecule has 0 aliphatic heterocycles. The first-order valence-electron chi connectivity index (χ1n) is 10.2. The fraction of sp³-hybridized carbons (Fsp3) is 0.542. The minimum absolute atomic E-state index is 0.229. The molecule has 0 spiro atoms. The van der Waals surface area contributed by atoms with E-state index >= 15 is 0 Å². The third-order valence-corrected chi connectivity index (χ3v) is 7.78. The van der Waals surface area contributed by atoms with Gasteiger partial charge in [0.15, 0.2) is 5.41 Å². The fourth-order valence-electron chi connectivity index (χ4n) is 6.88. The highest BCUT2D eigenvalue weighted by molar-refractivity contribution is 5.93. The van der Waals surface area contributed by atoms with Gasteiger partial charge in [-0.15, -0.1) is 0 Å². The van der Waals surface area contributed by atoms with Crippen LogP contribution in [0.2, 0.25) is 0 Å². The number of benzene rings is 1. The van der Waals surface area contributed by atoms with Crippen molar-refractivity contribution in [2.24, 2.45) is 40.4 Å². The molecule has 5 aliphatic rings. The van der Waals surface area contributed by atoms with Crippen LogP contribution >= 0.6 is 0 Å². The number of allylic oxidation sites excluding steroid dienone is 1. The predicted octanol–water partition coefficient (Wildman–Crippen LogP) is 4.76. The Morgan fingerprint density at radius 3 is 2.04 bits per heavy atom. The summed E-state index contributed by atoms with van der Waals surface area (Å²) in [4.78, 5) is 13.7. The number of nitrogens with zero attached hydrogens (tertiary/aromatic N) is 2. The molecule has 5 fully saturated rings. The highest BCUT2D eigenvalue weighted by atomic mass is 16.1. The second kappa shape index (κ2) is 5.80. The average Bonchev–Trinajstić information content (AvgIpc) is 3.33. The molecule has 0 unspecified atom stereocenters. The van der Waals surface area contributed by atoms with Crippen LogP contribution in [0.25, 0.3) is 6.08 Å². The average molecular weight is 356 g/mol. The maximum Gasteiger partial charge on any atom is 0.161 e. The Kier molecular flexibility index (Phi) is 3.60. The van der Waals surface area contributed by atoms with Gasteiger partial charge in [-0.3, -0.25) is 4.79 Å². The fourth-order valence-corrected chi connectivity index (χ4v) is 6.88. The molecule has 0 saturated heterocycles. The lowest BCUT2D eigenvalue weighted by atomic mass is 9.48. The van der Waals surface area contributed by atoms with Gasteiger partial charge in [0.25, 0.3) is 0 Å². The molecule has 5 saturated carbocycles. The molecule has 5 aliphatic carbocycles. The number of rotatable bonds is 4. The van der Waals surface area contributed by atoms with E-state index in [0.717, 1.165) is 24.8 Å². The SMILES string of the molecule is N#CC1(C#N)[C@H](/C=C\c2ccccc2)[C@H]1C(=O)C12CC3CC(CC(C3)C1)C2. The van der Waals surface area contributed by atoms with Crippen molar-refractivity contribution >= 4 is 11.9 Å². The molecule has 0 amide bonds. The van der Waals surface area contributed by atoms with Crippen molar-refractivity contribution in [2.45, 2.75) is 38.5 Å². The molecule has 3 nitrogen and oxygen atoms in total. The maximum atomic E-state index is 13.7. The molecule has 1 aromatic carbocycles. The summed E-state index contributed by atoms with van der Waals surface area (Å²) in [6, 6.07) is 14.3. The quantitative estimate of drug-likeness (QED) is 0.781. The van der Waals surface area contributed by atoms with E-state index in [9.17, 15) is 15.3 Å². The number of carbonyl (C=O) groups excluding carboxylic acids is 1. The summed E-state index contributed by atoms with van der Waals surface area (Å²) in [5.74, 6) is 1.59. The third-order valence-electron chi connectivity index (χ3n) is 7.78. The Hall–Kier alpha value is -2.39. The van der Waals surface area contributed by atoms with E-state index in [-0.39, 0.29) is 17.1 Å². The number of carbonyl (C=O) groups is 1. The van der Waals surface area contributed by atoms with Crippen molar-refractivity contribution in [3.63, 3.8) is 0 Å². The summed E-state index contributed by atoms with van der Waals surface area (Å²) in [7, 11) is 0. The Morgan fingerprint density at radius 2 is 1.52 bits per heavy atom. The Bertz CT molecular complexity index is 836. The van der Waals surface area contributed by atoms with Crippen LogP contribution < -0.4 is 0 Å². The first-order chi connectivity index (χ1) is 13.1. The normalized spacial score (nSPS) is 40.4. The lowest BCUT2D eigenvalue weighted by molar-refractivity contribution is -0.145. The summed E-state index contributed by atoms with van der Waals surface area (Å²) in [5.41, 5.74) is -0.366. The van der Waals surface area contributed by atoms with Crippen LogP contribution in [-0.2, 0) is 4.79 Å². The zero-order chi connectivity index (χ0) is 18.6. The molecule has 2 atom stereocenters. The van der Waals surface area contributed by atoms with Gasteiger partial charge in [-0.25, -0.2) is 0 Å². The van der Waals surface area contributed by atoms with Gasteiger partial charge in [-0.05, 0) is 61.8 Å². The van der Waals surface area contributed by atoms with E-state index in [1.54, 1.807) is 0 Å². The number of hydrogen-bond donors (Lipinski definition) is 0. The summed E-state index contributed by atoms with van der Waals surface area (Å²) in [6.45, 7) is 0. The predicted molar refractivity (Wildman–Crippen MR) is 102 cm³/mol. The van der Waals surface area contributed by atoms with Gasteiger partial charge in [0, 0.05) is 11.3 Å². The van der Waals surface area contributed by atoms with Crippen LogP contribution in [0, 0.1) is 63.1 Å². The van der Waals surface area contributed by atoms with Gasteiger partial charge in [0.05, 0.1) is 18.1 Å². The minimum atomic E-state index is -1.16. The number of nitriles is 2. The van der Waals surface area contributed by atoms with Crippen molar-refractivity contribution in [3.05, 3.63) is 42.0 Å². The number of Topliss-reactive ketones (excluding diaryl/α,β-unsaturated/α-hetero) is 1. The molecule has 27 heavy (non-hydrogen) atoms. The second-order valence-corrected chi connectivity index (χ2v) is 9.43. The highest BCUT2D eigenvalue weighted by Crippen LogP contribution is 2.67. The first-order valence-corrected chi connectivity index (χ1v) is 10.2. The van der Waals surface area contributed by atoms with Crippen LogP contribution in [0.4, 0.5) is 0 Å². The van der Waals surface area contributed by atoms with E-state index in [1.807, 2.05) is 42.5 Å². The van der Waals surface area contributed by atoms with Crippen molar-refractivity contribution in [1.82, 2.24) is 0 Å². The largest absolute Gasteiger partial charge is 0.299 e. The summed E-state index contributed by atoms with van der Waals surface area (Å²) in [6.07, 6.45) is 10.7. The molecule has 0 N–H and O–H groups in total. The Morgan fingerprint density at radius 1 is 0.963 bits per heavy atom. The molecule has 1 aromatic rings. The molecule has 0 aromatic heterocycles. The molecule has 6 rings (SSSR count). The summed E-state index contributed by atoms with van der Waals surface area (Å²) < 4.78 is 0. The van der Waals surface area contributed by atoms with Gasteiger partial charge < -0.3 is 0 Å². The molecule has 0 heterocycles. The van der Waals surface area contributed by atoms with E-state index in [0.29, 0.717) is 17.8 Å². The van der Waals surface area contributed by atoms with Crippen LogP contribution in [0.15, 0.2) is 36.4 Å². The van der Waals surface area contributed by atoms with Crippen LogP contribution in [-0.4, -0.2) is 5.78 Å². The summed E-state index contributed by atoms with van der Waals surface area (Å²) >= 11 is 0. The van der Waals surface area contributed by atoms with Gasteiger partial charge in [0.1, 0.15) is 5.78 Å². The van der Waals surface area contributed by atoms with Crippen LogP contribution in [0.3, 0.4) is 0 Å². The molecule has 0 radical (unpaired) electrons. The molecule has 136 valence electrons. The van der Waals surface area contributed by atoms with E-state index in [2.05, 4.69) is 12.1 Å². The van der Waals surface area contributed by atoms with Crippen LogP contribution in [0.1, 0.15) is 44.1 Å². The second-order valence-electron chi connectivity index (χ2n) is 9.43. The Balaban J connectivity index is 1.43. The molecular weight excluding hydrogens is 332 g/mol. The maximum absolute atomic E-state index is 13.7. The third kappa shape index (κ3) is 2.41. The molecule has 3 heteroatoms. The zero-order valence-corrected chi connectivity index (χ0v) is 15.5. The lowest BCUT2D eigenvalue weighted by Gasteiger charge is -2.56. The van der Waals surface area contributed by atoms with Crippen molar-refractivity contribution < 1.29 is 4.79 Å². The lowest BCUT2D eigenvalue weighted by Crippen LogP contribution is -2.50. The van der Waals surface area contributed by atoms with Crippen LogP contribution in [0.5, 0.6) is 0 Å². The van der Waals surface area contributed by atoms with E-state index in [1.165, 1.54) is 19.3 Å². The van der Waals surface area contributed by atoms with E-state index < -0.39 is 11.3 Å². The first kappa shape index (κ1) is 16.8. The van der Waals surface area contributed by atoms with Crippen molar-refractivity contribution in [1.29, 1.82) is 10.5 Å². The van der Waals surface area contributed by atoms with E-state index in [4.69, 9.17) is 0 Å². The topological polar surface area (TPSA) is 64.7 Å². The standard InChI is InChI=1S/C24H24N2O/c25-14-24(15-26)20(7-6-16-4-2-1-3-5-16)21(24)22(27)23-11-17-8-18(12-23)10-19(9-17)13-23/h1-7,17-21H,8-13H2/b7-6-/t17?,18?,19?,20-,21+,23?/m1/s1. The molecular formula is C24H24N2O. The van der Waals surface area contributed by atoms with Gasteiger partial charge in [-0.2, -0.15) is 10.5 Å². The zero-order valence-electron chi connectivity index (χ0n) is 15.5. The molecule has 4 bridgehead atoms. The number of hydrogen-bond acceptors (Lipinski definition) is 3. The highest BCUT2D eigenvalue weighted by Gasteiger charge is 2.72. The van der Waals surface area contributed by atoms with Gasteiger partial charge in [0.2, 0.25) is 0 Å². The van der Waals surface area contributed by atoms with Gasteiger partial charge >= 0.3 is 0 Å².